The SMILES string of the molecule is Cc1cc[n+]2c(c1)NCC(C(=O)c1ccc(F)cc1)C2.[O-][Cl+3]([O-])([O-])[O-]. The second-order valence-electron chi connectivity index (χ2n) is 5.57. The normalized spacial score (nSPS) is 16.2. The first kappa shape index (κ1) is 19.2. The number of carbonyl (C=O) groups excluding carboxylic acids is 1. The Hall–Kier alpha value is -2.10. The molecule has 1 atom stereocenters. The van der Waals surface area contributed by atoms with E-state index in [1.165, 1.54) is 17.7 Å². The van der Waals surface area contributed by atoms with Gasteiger partial charge in [0.1, 0.15) is 12.4 Å². The third kappa shape index (κ3) is 6.04. The van der Waals surface area contributed by atoms with E-state index in [-0.39, 0.29) is 17.5 Å². The molecule has 0 saturated heterocycles. The summed E-state index contributed by atoms with van der Waals surface area (Å²) in [4.78, 5) is 12.4. The number of benzene rings is 1. The lowest BCUT2D eigenvalue weighted by molar-refractivity contribution is -2.00. The maximum Gasteiger partial charge on any atom is 0.274 e. The summed E-state index contributed by atoms with van der Waals surface area (Å²) in [5, 5.41) is 3.28. The lowest BCUT2D eigenvalue weighted by Gasteiger charge is -2.20. The monoisotopic (exact) mass is 370 g/mol. The van der Waals surface area contributed by atoms with Gasteiger partial charge in [0.15, 0.2) is 5.78 Å². The standard InChI is InChI=1S/C16H15FN2O.ClHO4/c1-11-6-7-19-10-13(9-18-15(19)8-11)16(20)12-2-4-14(17)5-3-12;2-1(3,4)5/h2-8,13H,9-10H2,1H3;(H,2,3,4,5). The van der Waals surface area contributed by atoms with Crippen molar-refractivity contribution in [2.75, 3.05) is 11.9 Å². The number of anilines is 1. The minimum atomic E-state index is -4.94. The van der Waals surface area contributed by atoms with Gasteiger partial charge in [0, 0.05) is 11.6 Å². The molecule has 134 valence electrons. The summed E-state index contributed by atoms with van der Waals surface area (Å²) in [6.07, 6.45) is 1.99. The highest BCUT2D eigenvalue weighted by molar-refractivity contribution is 5.98. The van der Waals surface area contributed by atoms with E-state index in [1.54, 1.807) is 12.1 Å². The summed E-state index contributed by atoms with van der Waals surface area (Å²) in [5.41, 5.74) is 1.75. The van der Waals surface area contributed by atoms with Crippen LogP contribution in [0.25, 0.3) is 0 Å². The highest BCUT2D eigenvalue weighted by atomic mass is 35.7. The Kier molecular flexibility index (Phi) is 6.04. The molecule has 1 aliphatic rings. The molecule has 1 aromatic carbocycles. The average Bonchev–Trinajstić information content (AvgIpc) is 2.53. The van der Waals surface area contributed by atoms with Crippen molar-refractivity contribution >= 4 is 11.6 Å². The van der Waals surface area contributed by atoms with Gasteiger partial charge in [-0.3, -0.25) is 10.1 Å². The highest BCUT2D eigenvalue weighted by Gasteiger charge is 2.29. The molecule has 0 bridgehead atoms. The van der Waals surface area contributed by atoms with Crippen LogP contribution in [0.2, 0.25) is 0 Å². The fourth-order valence-corrected chi connectivity index (χ4v) is 2.50. The Bertz CT molecular complexity index is 743. The molecule has 0 fully saturated rings. The smallest absolute Gasteiger partial charge is 0.274 e. The fourth-order valence-electron chi connectivity index (χ4n) is 2.50. The van der Waals surface area contributed by atoms with Gasteiger partial charge < -0.3 is 0 Å². The first-order valence-electron chi connectivity index (χ1n) is 7.29. The van der Waals surface area contributed by atoms with Gasteiger partial charge in [-0.05, 0) is 42.8 Å². The van der Waals surface area contributed by atoms with Crippen molar-refractivity contribution in [1.82, 2.24) is 0 Å². The van der Waals surface area contributed by atoms with Crippen LogP contribution in [0.1, 0.15) is 15.9 Å². The molecular weight excluding hydrogens is 355 g/mol. The number of carbonyl (C=O) groups is 1. The lowest BCUT2D eigenvalue weighted by Crippen LogP contribution is -2.68. The molecule has 1 N–H and O–H groups in total. The van der Waals surface area contributed by atoms with Crippen LogP contribution in [-0.4, -0.2) is 12.3 Å². The number of nitrogens with one attached hydrogen (secondary N) is 1. The number of fused-ring (bicyclic) bond motifs is 1. The Balaban J connectivity index is 0.000000399. The van der Waals surface area contributed by atoms with Gasteiger partial charge in [-0.25, -0.2) is 27.6 Å². The van der Waals surface area contributed by atoms with Gasteiger partial charge in [-0.15, -0.1) is 10.2 Å². The fraction of sp³-hybridized carbons (Fsp3) is 0.250. The van der Waals surface area contributed by atoms with E-state index >= 15 is 0 Å². The van der Waals surface area contributed by atoms with Gasteiger partial charge in [-0.2, -0.15) is 0 Å². The maximum absolute atomic E-state index is 12.9. The average molecular weight is 371 g/mol. The molecule has 2 heterocycles. The van der Waals surface area contributed by atoms with Gasteiger partial charge >= 0.3 is 0 Å². The predicted molar refractivity (Wildman–Crippen MR) is 74.1 cm³/mol. The van der Waals surface area contributed by atoms with Crippen LogP contribution in [0.4, 0.5) is 10.2 Å². The van der Waals surface area contributed by atoms with Crippen molar-refractivity contribution < 1.29 is 42.6 Å². The first-order valence-corrected chi connectivity index (χ1v) is 8.52. The largest absolute Gasteiger partial charge is 0.294 e. The number of aryl methyl sites for hydroxylation is 1. The van der Waals surface area contributed by atoms with Crippen molar-refractivity contribution in [3.8, 4) is 0 Å². The molecule has 0 aliphatic carbocycles. The summed E-state index contributed by atoms with van der Waals surface area (Å²) in [7, 11) is -4.94. The van der Waals surface area contributed by atoms with Crippen LogP contribution in [0, 0.1) is 28.9 Å². The molecule has 25 heavy (non-hydrogen) atoms. The summed E-state index contributed by atoms with van der Waals surface area (Å²) in [5.74, 6) is 0.642. The number of Topliss-reactive ketones (excluding diaryl/α,β-unsaturated/α-hetero) is 1. The van der Waals surface area contributed by atoms with Crippen LogP contribution in [0.3, 0.4) is 0 Å². The Morgan fingerprint density at radius 3 is 2.40 bits per heavy atom. The summed E-state index contributed by atoms with van der Waals surface area (Å²) in [6, 6.07) is 9.84. The molecule has 0 spiro atoms. The quantitative estimate of drug-likeness (QED) is 0.463. The number of pyridine rings is 1. The zero-order chi connectivity index (χ0) is 18.6. The van der Waals surface area contributed by atoms with E-state index in [4.69, 9.17) is 18.6 Å². The zero-order valence-corrected chi connectivity index (χ0v) is 14.0. The van der Waals surface area contributed by atoms with E-state index in [0.29, 0.717) is 18.7 Å². The number of ketones is 1. The van der Waals surface area contributed by atoms with Gasteiger partial charge in [0.25, 0.3) is 5.82 Å². The van der Waals surface area contributed by atoms with E-state index < -0.39 is 10.2 Å². The third-order valence-electron chi connectivity index (χ3n) is 3.64. The highest BCUT2D eigenvalue weighted by Crippen LogP contribution is 2.16. The Labute approximate surface area is 145 Å². The van der Waals surface area contributed by atoms with Crippen molar-refractivity contribution in [2.45, 2.75) is 13.5 Å². The van der Waals surface area contributed by atoms with E-state index in [0.717, 1.165) is 5.82 Å². The molecule has 3 rings (SSSR count). The molecule has 1 unspecified atom stereocenters. The summed E-state index contributed by atoms with van der Waals surface area (Å²) in [6.45, 7) is 3.30. The van der Waals surface area contributed by atoms with E-state index in [2.05, 4.69) is 11.4 Å². The van der Waals surface area contributed by atoms with Crippen molar-refractivity contribution in [2.24, 2.45) is 5.92 Å². The Morgan fingerprint density at radius 1 is 1.20 bits per heavy atom. The zero-order valence-electron chi connectivity index (χ0n) is 13.3. The number of hydrogen-bond donors (Lipinski definition) is 1. The topological polar surface area (TPSA) is 125 Å². The lowest BCUT2D eigenvalue weighted by atomic mass is 9.96. The molecule has 1 aromatic heterocycles. The molecule has 1 aliphatic heterocycles. The van der Waals surface area contributed by atoms with Crippen molar-refractivity contribution in [3.05, 3.63) is 59.5 Å². The molecule has 0 radical (unpaired) electrons. The Morgan fingerprint density at radius 2 is 1.80 bits per heavy atom. The second-order valence-corrected chi connectivity index (χ2v) is 6.32. The second kappa shape index (κ2) is 7.85. The predicted octanol–water partition coefficient (Wildman–Crippen LogP) is -2.41. The van der Waals surface area contributed by atoms with Crippen LogP contribution < -0.4 is 28.5 Å². The van der Waals surface area contributed by atoms with Crippen molar-refractivity contribution in [3.63, 3.8) is 0 Å². The molecule has 0 saturated carbocycles. The number of hydrogen-bond acceptors (Lipinski definition) is 6. The van der Waals surface area contributed by atoms with Crippen LogP contribution in [0.5, 0.6) is 0 Å². The number of aromatic nitrogens is 1. The molecule has 7 nitrogen and oxygen atoms in total. The molecule has 9 heteroatoms. The van der Waals surface area contributed by atoms with Gasteiger partial charge in [0.2, 0.25) is 0 Å². The van der Waals surface area contributed by atoms with Crippen LogP contribution >= 0.6 is 0 Å². The summed E-state index contributed by atoms with van der Waals surface area (Å²) >= 11 is 0. The number of nitrogens with zero attached hydrogens (tertiary/aromatic N) is 1. The molecule has 2 aromatic rings. The third-order valence-corrected chi connectivity index (χ3v) is 3.64. The minimum Gasteiger partial charge on any atom is -0.294 e. The maximum atomic E-state index is 12.9. The number of rotatable bonds is 2. The van der Waals surface area contributed by atoms with Gasteiger partial charge in [0.05, 0.1) is 18.7 Å². The summed E-state index contributed by atoms with van der Waals surface area (Å²) < 4.78 is 48.9. The van der Waals surface area contributed by atoms with Crippen molar-refractivity contribution in [1.29, 1.82) is 0 Å². The van der Waals surface area contributed by atoms with E-state index in [9.17, 15) is 9.18 Å². The minimum absolute atomic E-state index is 0.0521. The molecule has 0 amide bonds. The van der Waals surface area contributed by atoms with Gasteiger partial charge in [-0.1, -0.05) is 0 Å². The molecular formula is C16H16ClFN2O5. The van der Waals surface area contributed by atoms with Crippen LogP contribution in [0.15, 0.2) is 42.6 Å². The van der Waals surface area contributed by atoms with Crippen LogP contribution in [-0.2, 0) is 6.54 Å². The first-order chi connectivity index (χ1) is 11.6. The van der Waals surface area contributed by atoms with E-state index in [1.807, 2.05) is 23.8 Å². The number of halogens is 2.